The number of rotatable bonds is 1. The molecule has 0 saturated carbocycles. The molecule has 142 valence electrons. The summed E-state index contributed by atoms with van der Waals surface area (Å²) >= 11 is 0. The highest BCUT2D eigenvalue weighted by atomic mass is 19.2. The molecule has 0 unspecified atom stereocenters. The lowest BCUT2D eigenvalue weighted by atomic mass is 9.94. The number of fused-ring (bicyclic) bond motifs is 4. The summed E-state index contributed by atoms with van der Waals surface area (Å²) in [6.45, 7) is 0. The third-order valence-electron chi connectivity index (χ3n) is 5.55. The van der Waals surface area contributed by atoms with Gasteiger partial charge in [0.1, 0.15) is 0 Å². The Bertz CT molecular complexity index is 1620. The van der Waals surface area contributed by atoms with Gasteiger partial charge in [0.15, 0.2) is 11.6 Å². The van der Waals surface area contributed by atoms with Crippen LogP contribution in [-0.4, -0.2) is 9.97 Å². The van der Waals surface area contributed by atoms with Crippen molar-refractivity contribution in [3.63, 3.8) is 0 Å². The van der Waals surface area contributed by atoms with E-state index in [0.717, 1.165) is 32.7 Å². The average molecular weight is 392 g/mol. The first-order valence-electron chi connectivity index (χ1n) is 9.65. The molecule has 2 heterocycles. The molecular formula is C26H14F2N2. The molecule has 4 aromatic carbocycles. The lowest BCUT2D eigenvalue weighted by molar-refractivity contribution is 0.513. The van der Waals surface area contributed by atoms with Crippen molar-refractivity contribution in [2.45, 2.75) is 0 Å². The van der Waals surface area contributed by atoms with Crippen LogP contribution in [0.15, 0.2) is 84.9 Å². The average Bonchev–Trinajstić information content (AvgIpc) is 2.77. The second kappa shape index (κ2) is 6.29. The predicted molar refractivity (Wildman–Crippen MR) is 117 cm³/mol. The van der Waals surface area contributed by atoms with Gasteiger partial charge in [-0.2, -0.15) is 0 Å². The third-order valence-corrected chi connectivity index (χ3v) is 5.55. The Morgan fingerprint density at radius 2 is 1.13 bits per heavy atom. The third kappa shape index (κ3) is 2.47. The highest BCUT2D eigenvalue weighted by Crippen LogP contribution is 2.38. The predicted octanol–water partition coefficient (Wildman–Crippen LogP) is 7.03. The molecule has 4 heteroatoms. The molecule has 0 amide bonds. The van der Waals surface area contributed by atoms with Gasteiger partial charge in [0, 0.05) is 33.2 Å². The summed E-state index contributed by atoms with van der Waals surface area (Å²) in [6, 6.07) is 25.9. The normalized spacial score (nSPS) is 11.7. The Kier molecular flexibility index (Phi) is 3.56. The molecule has 2 aromatic heterocycles. The molecule has 0 aliphatic heterocycles. The SMILES string of the molecule is Fc1cc2nc3ccccc3cc2c(-c2cccc3nc4ccccc4cc23)c1F. The lowest BCUT2D eigenvalue weighted by Crippen LogP contribution is -1.96. The van der Waals surface area contributed by atoms with Crippen molar-refractivity contribution in [3.8, 4) is 11.1 Å². The van der Waals surface area contributed by atoms with Crippen LogP contribution in [0.5, 0.6) is 0 Å². The van der Waals surface area contributed by atoms with Crippen molar-refractivity contribution in [1.82, 2.24) is 9.97 Å². The zero-order valence-corrected chi connectivity index (χ0v) is 15.7. The monoisotopic (exact) mass is 392 g/mol. The Morgan fingerprint density at radius 1 is 0.533 bits per heavy atom. The van der Waals surface area contributed by atoms with E-state index in [-0.39, 0.29) is 5.56 Å². The summed E-state index contributed by atoms with van der Waals surface area (Å²) in [5, 5.41) is 3.17. The summed E-state index contributed by atoms with van der Waals surface area (Å²) in [4.78, 5) is 9.29. The maximum atomic E-state index is 15.2. The minimum atomic E-state index is -0.911. The van der Waals surface area contributed by atoms with E-state index in [4.69, 9.17) is 4.98 Å². The molecule has 6 aromatic rings. The van der Waals surface area contributed by atoms with Gasteiger partial charge in [-0.3, -0.25) is 0 Å². The zero-order chi connectivity index (χ0) is 20.2. The molecule has 0 aliphatic rings. The molecule has 0 saturated heterocycles. The first kappa shape index (κ1) is 17.0. The fourth-order valence-corrected chi connectivity index (χ4v) is 4.14. The summed E-state index contributed by atoms with van der Waals surface area (Å²) in [7, 11) is 0. The van der Waals surface area contributed by atoms with Gasteiger partial charge in [-0.15, -0.1) is 0 Å². The van der Waals surface area contributed by atoms with Gasteiger partial charge in [0.2, 0.25) is 0 Å². The molecule has 0 N–H and O–H groups in total. The van der Waals surface area contributed by atoms with Gasteiger partial charge >= 0.3 is 0 Å². The number of benzene rings is 4. The van der Waals surface area contributed by atoms with Crippen LogP contribution < -0.4 is 0 Å². The fraction of sp³-hybridized carbons (Fsp3) is 0. The standard InChI is InChI=1S/C26H14F2N2/c27-20-14-24-19(13-16-7-2-4-10-22(16)30-24)25(26(20)28)17-8-5-11-23-18(17)12-15-6-1-3-9-21(15)29-23/h1-14H. The van der Waals surface area contributed by atoms with Crippen LogP contribution in [0.1, 0.15) is 0 Å². The number of halogens is 2. The number of nitrogens with zero attached hydrogens (tertiary/aromatic N) is 2. The van der Waals surface area contributed by atoms with E-state index in [1.165, 1.54) is 6.07 Å². The van der Waals surface area contributed by atoms with Crippen molar-refractivity contribution < 1.29 is 8.78 Å². The van der Waals surface area contributed by atoms with Crippen LogP contribution in [0.4, 0.5) is 8.78 Å². The highest BCUT2D eigenvalue weighted by molar-refractivity contribution is 6.08. The number of aromatic nitrogens is 2. The molecule has 0 bridgehead atoms. The number of pyridine rings is 2. The maximum Gasteiger partial charge on any atom is 0.167 e. The molecule has 0 atom stereocenters. The first-order valence-corrected chi connectivity index (χ1v) is 9.65. The molecule has 0 fully saturated rings. The molecular weight excluding hydrogens is 378 g/mol. The number of hydrogen-bond acceptors (Lipinski definition) is 2. The molecule has 30 heavy (non-hydrogen) atoms. The number of para-hydroxylation sites is 2. The summed E-state index contributed by atoms with van der Waals surface area (Å²) in [5.74, 6) is -1.79. The first-order chi connectivity index (χ1) is 14.7. The maximum absolute atomic E-state index is 15.2. The van der Waals surface area contributed by atoms with E-state index in [1.807, 2.05) is 78.9 Å². The van der Waals surface area contributed by atoms with Gasteiger partial charge < -0.3 is 0 Å². The molecule has 0 aliphatic carbocycles. The summed E-state index contributed by atoms with van der Waals surface area (Å²) in [6.07, 6.45) is 0. The van der Waals surface area contributed by atoms with Crippen molar-refractivity contribution in [1.29, 1.82) is 0 Å². The minimum Gasteiger partial charge on any atom is -0.248 e. The highest BCUT2D eigenvalue weighted by Gasteiger charge is 2.19. The Balaban J connectivity index is 1.78. The van der Waals surface area contributed by atoms with Crippen LogP contribution in [-0.2, 0) is 0 Å². The van der Waals surface area contributed by atoms with E-state index in [2.05, 4.69) is 4.98 Å². The minimum absolute atomic E-state index is 0.214. The van der Waals surface area contributed by atoms with Gasteiger partial charge in [-0.05, 0) is 35.9 Å². The molecule has 0 radical (unpaired) electrons. The zero-order valence-electron chi connectivity index (χ0n) is 15.7. The van der Waals surface area contributed by atoms with Crippen molar-refractivity contribution >= 4 is 43.6 Å². The second-order valence-corrected chi connectivity index (χ2v) is 7.35. The van der Waals surface area contributed by atoms with Crippen molar-refractivity contribution in [2.24, 2.45) is 0 Å². The van der Waals surface area contributed by atoms with E-state index >= 15 is 4.39 Å². The van der Waals surface area contributed by atoms with Crippen LogP contribution in [0.2, 0.25) is 0 Å². The lowest BCUT2D eigenvalue weighted by Gasteiger charge is -2.13. The van der Waals surface area contributed by atoms with E-state index in [0.29, 0.717) is 16.5 Å². The quantitative estimate of drug-likeness (QED) is 0.281. The van der Waals surface area contributed by atoms with Gasteiger partial charge in [0.05, 0.1) is 22.1 Å². The summed E-state index contributed by atoms with van der Waals surface area (Å²) in [5.41, 5.74) is 3.58. The van der Waals surface area contributed by atoms with E-state index < -0.39 is 11.6 Å². The van der Waals surface area contributed by atoms with Crippen LogP contribution in [0.25, 0.3) is 54.7 Å². The van der Waals surface area contributed by atoms with E-state index in [1.54, 1.807) is 0 Å². The molecule has 2 nitrogen and oxygen atoms in total. The Labute approximate surface area is 170 Å². The van der Waals surface area contributed by atoms with Crippen LogP contribution in [0.3, 0.4) is 0 Å². The molecule has 6 rings (SSSR count). The van der Waals surface area contributed by atoms with Gasteiger partial charge in [-0.25, -0.2) is 18.7 Å². The largest absolute Gasteiger partial charge is 0.248 e. The van der Waals surface area contributed by atoms with Gasteiger partial charge in [0.25, 0.3) is 0 Å². The second-order valence-electron chi connectivity index (χ2n) is 7.35. The van der Waals surface area contributed by atoms with E-state index in [9.17, 15) is 4.39 Å². The van der Waals surface area contributed by atoms with Crippen molar-refractivity contribution in [3.05, 3.63) is 96.6 Å². The fourth-order valence-electron chi connectivity index (χ4n) is 4.14. The Hall–Kier alpha value is -3.92. The van der Waals surface area contributed by atoms with Crippen LogP contribution >= 0.6 is 0 Å². The van der Waals surface area contributed by atoms with Crippen LogP contribution in [0, 0.1) is 11.6 Å². The topological polar surface area (TPSA) is 25.8 Å². The summed E-state index contributed by atoms with van der Waals surface area (Å²) < 4.78 is 29.9. The Morgan fingerprint density at radius 3 is 1.87 bits per heavy atom. The van der Waals surface area contributed by atoms with Gasteiger partial charge in [-0.1, -0.05) is 48.5 Å². The molecule has 0 spiro atoms. The smallest absolute Gasteiger partial charge is 0.167 e. The number of hydrogen-bond donors (Lipinski definition) is 0. The van der Waals surface area contributed by atoms with Crippen molar-refractivity contribution in [2.75, 3.05) is 0 Å².